The number of ketones is 1. The van der Waals surface area contributed by atoms with Gasteiger partial charge in [-0.15, -0.1) is 0 Å². The lowest BCUT2D eigenvalue weighted by Gasteiger charge is -2.25. The van der Waals surface area contributed by atoms with Gasteiger partial charge in [-0.1, -0.05) is 0 Å². The fourth-order valence-electron chi connectivity index (χ4n) is 2.25. The minimum Gasteiger partial charge on any atom is -0.468 e. The van der Waals surface area contributed by atoms with Crippen LogP contribution in [0.2, 0.25) is 0 Å². The van der Waals surface area contributed by atoms with E-state index in [4.69, 9.17) is 9.47 Å². The highest BCUT2D eigenvalue weighted by Crippen LogP contribution is 2.23. The molecule has 5 nitrogen and oxygen atoms in total. The van der Waals surface area contributed by atoms with Crippen molar-refractivity contribution in [2.75, 3.05) is 20.3 Å². The number of likely N-dealkylation sites (tertiary alicyclic amines) is 1. The molecule has 0 unspecified atom stereocenters. The molecule has 1 aliphatic rings. The number of esters is 1. The normalized spacial score (nSPS) is 24.5. The van der Waals surface area contributed by atoms with Gasteiger partial charge in [0.05, 0.1) is 19.8 Å². The van der Waals surface area contributed by atoms with Crippen LogP contribution in [-0.4, -0.2) is 55.1 Å². The van der Waals surface area contributed by atoms with Gasteiger partial charge in [-0.2, -0.15) is 0 Å². The molecule has 0 aromatic rings. The number of carbonyl (C=O) groups is 2. The van der Waals surface area contributed by atoms with Crippen LogP contribution in [-0.2, 0) is 19.1 Å². The van der Waals surface area contributed by atoms with Crippen LogP contribution in [0, 0.1) is 0 Å². The number of rotatable bonds is 6. The van der Waals surface area contributed by atoms with Crippen molar-refractivity contribution >= 4 is 11.8 Å². The van der Waals surface area contributed by atoms with E-state index in [9.17, 15) is 9.59 Å². The van der Waals surface area contributed by atoms with Crippen LogP contribution in [0.15, 0.2) is 0 Å². The molecule has 0 aliphatic carbocycles. The maximum Gasteiger partial charge on any atom is 0.323 e. The molecule has 0 N–H and O–H groups in total. The van der Waals surface area contributed by atoms with Gasteiger partial charge in [0.2, 0.25) is 0 Å². The molecule has 1 fully saturated rings. The van der Waals surface area contributed by atoms with E-state index in [1.165, 1.54) is 7.11 Å². The predicted molar refractivity (Wildman–Crippen MR) is 67.3 cm³/mol. The van der Waals surface area contributed by atoms with Gasteiger partial charge in [-0.25, -0.2) is 0 Å². The Morgan fingerprint density at radius 1 is 1.39 bits per heavy atom. The molecule has 1 aliphatic heterocycles. The highest BCUT2D eigenvalue weighted by molar-refractivity contribution is 5.76. The lowest BCUT2D eigenvalue weighted by atomic mass is 10.2. The van der Waals surface area contributed by atoms with E-state index >= 15 is 0 Å². The van der Waals surface area contributed by atoms with Crippen molar-refractivity contribution in [3.05, 3.63) is 0 Å². The Morgan fingerprint density at radius 2 is 2.06 bits per heavy atom. The number of hydrogen-bond donors (Lipinski definition) is 0. The smallest absolute Gasteiger partial charge is 0.323 e. The van der Waals surface area contributed by atoms with Crippen LogP contribution in [0.5, 0.6) is 0 Å². The number of methoxy groups -OCH3 is 1. The maximum atomic E-state index is 11.7. The first-order chi connectivity index (χ1) is 8.45. The molecule has 0 aromatic heterocycles. The Labute approximate surface area is 108 Å². The molecule has 0 spiro atoms. The molecule has 1 heterocycles. The van der Waals surface area contributed by atoms with Crippen LogP contribution in [0.25, 0.3) is 0 Å². The first-order valence-electron chi connectivity index (χ1n) is 6.40. The van der Waals surface area contributed by atoms with Gasteiger partial charge >= 0.3 is 5.97 Å². The zero-order chi connectivity index (χ0) is 13.7. The van der Waals surface area contributed by atoms with E-state index in [1.807, 2.05) is 13.8 Å². The second-order valence-electron chi connectivity index (χ2n) is 5.01. The molecule has 0 bridgehead atoms. The number of hydrogen-bond acceptors (Lipinski definition) is 5. The molecule has 2 atom stereocenters. The van der Waals surface area contributed by atoms with Gasteiger partial charge in [-0.3, -0.25) is 14.5 Å². The van der Waals surface area contributed by atoms with E-state index < -0.39 is 0 Å². The fraction of sp³-hybridized carbons (Fsp3) is 0.846. The van der Waals surface area contributed by atoms with Crippen LogP contribution < -0.4 is 0 Å². The lowest BCUT2D eigenvalue weighted by Crippen LogP contribution is -2.41. The number of nitrogens with zero attached hydrogens (tertiary/aromatic N) is 1. The molecule has 0 amide bonds. The van der Waals surface area contributed by atoms with Gasteiger partial charge in [-0.05, 0) is 20.8 Å². The standard InChI is InChI=1S/C13H23NO4/c1-9(2)14-8-11(18-6-5-10(3)15)7-12(14)13(16)17-4/h9,11-12H,5-8H2,1-4H3/t11-,12+/m1/s1. The summed E-state index contributed by atoms with van der Waals surface area (Å²) in [6.45, 7) is 6.80. The second-order valence-corrected chi connectivity index (χ2v) is 5.01. The Kier molecular flexibility index (Phi) is 5.75. The predicted octanol–water partition coefficient (Wildman–Crippen LogP) is 1.01. The van der Waals surface area contributed by atoms with Crippen LogP contribution in [0.1, 0.15) is 33.6 Å². The molecule has 0 saturated carbocycles. The number of carbonyl (C=O) groups excluding carboxylic acids is 2. The van der Waals surface area contributed by atoms with Crippen LogP contribution >= 0.6 is 0 Å². The summed E-state index contributed by atoms with van der Waals surface area (Å²) >= 11 is 0. The Balaban J connectivity index is 2.50. The van der Waals surface area contributed by atoms with Crippen LogP contribution in [0.4, 0.5) is 0 Å². The van der Waals surface area contributed by atoms with E-state index in [1.54, 1.807) is 6.92 Å². The Bertz CT molecular complexity index is 303. The topological polar surface area (TPSA) is 55.8 Å². The molecular weight excluding hydrogens is 234 g/mol. The third kappa shape index (κ3) is 4.07. The third-order valence-electron chi connectivity index (χ3n) is 3.25. The summed E-state index contributed by atoms with van der Waals surface area (Å²) in [6, 6.07) is 0.0489. The first-order valence-corrected chi connectivity index (χ1v) is 6.40. The molecule has 5 heteroatoms. The van der Waals surface area contributed by atoms with Gasteiger partial charge in [0, 0.05) is 25.4 Å². The SMILES string of the molecule is COC(=O)[C@@H]1C[C@@H](OCCC(C)=O)CN1C(C)C. The van der Waals surface area contributed by atoms with Crippen molar-refractivity contribution in [3.63, 3.8) is 0 Å². The third-order valence-corrected chi connectivity index (χ3v) is 3.25. The summed E-state index contributed by atoms with van der Waals surface area (Å²) in [4.78, 5) is 24.6. The fourth-order valence-corrected chi connectivity index (χ4v) is 2.25. The zero-order valence-corrected chi connectivity index (χ0v) is 11.6. The van der Waals surface area contributed by atoms with Crippen LogP contribution in [0.3, 0.4) is 0 Å². The monoisotopic (exact) mass is 257 g/mol. The van der Waals surface area contributed by atoms with Crippen molar-refractivity contribution in [3.8, 4) is 0 Å². The van der Waals surface area contributed by atoms with Crippen molar-refractivity contribution < 1.29 is 19.1 Å². The molecule has 104 valence electrons. The molecule has 0 radical (unpaired) electrons. The quantitative estimate of drug-likeness (QED) is 0.665. The maximum absolute atomic E-state index is 11.7. The van der Waals surface area contributed by atoms with Gasteiger partial charge < -0.3 is 9.47 Å². The van der Waals surface area contributed by atoms with Crippen molar-refractivity contribution in [1.29, 1.82) is 0 Å². The van der Waals surface area contributed by atoms with E-state index in [2.05, 4.69) is 4.90 Å². The van der Waals surface area contributed by atoms with E-state index in [-0.39, 0.29) is 29.9 Å². The molecule has 18 heavy (non-hydrogen) atoms. The summed E-state index contributed by atoms with van der Waals surface area (Å²) in [5, 5.41) is 0. The summed E-state index contributed by atoms with van der Waals surface area (Å²) < 4.78 is 10.5. The molecule has 1 rings (SSSR count). The molecule has 0 aromatic carbocycles. The van der Waals surface area contributed by atoms with Gasteiger partial charge in [0.1, 0.15) is 11.8 Å². The minimum atomic E-state index is -0.225. The Hall–Kier alpha value is -0.940. The largest absolute Gasteiger partial charge is 0.468 e. The first kappa shape index (κ1) is 15.1. The summed E-state index contributed by atoms with van der Waals surface area (Å²) in [7, 11) is 1.41. The average molecular weight is 257 g/mol. The number of Topliss-reactive ketones (excluding diaryl/α,β-unsaturated/α-hetero) is 1. The van der Waals surface area contributed by atoms with Crippen molar-refractivity contribution in [2.45, 2.75) is 51.8 Å². The minimum absolute atomic E-state index is 0.0100. The van der Waals surface area contributed by atoms with Crippen molar-refractivity contribution in [1.82, 2.24) is 4.90 Å². The second kappa shape index (κ2) is 6.85. The zero-order valence-electron chi connectivity index (χ0n) is 11.6. The van der Waals surface area contributed by atoms with E-state index in [0.717, 1.165) is 6.54 Å². The molecular formula is C13H23NO4. The summed E-state index contributed by atoms with van der Waals surface area (Å²) in [6.07, 6.45) is 1.08. The summed E-state index contributed by atoms with van der Waals surface area (Å²) in [5.74, 6) is -0.0837. The number of ether oxygens (including phenoxy) is 2. The highest BCUT2D eigenvalue weighted by atomic mass is 16.5. The highest BCUT2D eigenvalue weighted by Gasteiger charge is 2.39. The van der Waals surface area contributed by atoms with Crippen molar-refractivity contribution in [2.24, 2.45) is 0 Å². The van der Waals surface area contributed by atoms with E-state index in [0.29, 0.717) is 19.4 Å². The molecule has 1 saturated heterocycles. The average Bonchev–Trinajstić information content (AvgIpc) is 2.72. The Morgan fingerprint density at radius 3 is 2.56 bits per heavy atom. The lowest BCUT2D eigenvalue weighted by molar-refractivity contribution is -0.146. The summed E-state index contributed by atoms with van der Waals surface area (Å²) in [5.41, 5.74) is 0. The van der Waals surface area contributed by atoms with Gasteiger partial charge in [0.25, 0.3) is 0 Å². The van der Waals surface area contributed by atoms with Gasteiger partial charge in [0.15, 0.2) is 0 Å².